The zero-order chi connectivity index (χ0) is 17.0. The summed E-state index contributed by atoms with van der Waals surface area (Å²) in [5, 5.41) is 0. The first-order chi connectivity index (χ1) is 10.3. The van der Waals surface area contributed by atoms with Crippen LogP contribution in [0.2, 0.25) is 0 Å². The van der Waals surface area contributed by atoms with Crippen molar-refractivity contribution in [1.82, 2.24) is 0 Å². The molecule has 0 spiro atoms. The van der Waals surface area contributed by atoms with E-state index in [1.165, 1.54) is 22.3 Å². The molecule has 0 aromatic heterocycles. The van der Waals surface area contributed by atoms with Gasteiger partial charge in [-0.25, -0.2) is 0 Å². The minimum Gasteiger partial charge on any atom is -0.0835 e. The van der Waals surface area contributed by atoms with Crippen molar-refractivity contribution in [2.24, 2.45) is 5.41 Å². The van der Waals surface area contributed by atoms with Gasteiger partial charge in [0.2, 0.25) is 0 Å². The summed E-state index contributed by atoms with van der Waals surface area (Å²) in [6, 6.07) is 8.72. The molecule has 0 bridgehead atoms. The molecule has 0 radical (unpaired) electrons. The van der Waals surface area contributed by atoms with E-state index in [-0.39, 0.29) is 10.8 Å². The Hall–Kier alpha value is -1.56. The molecule has 0 saturated carbocycles. The number of rotatable bonds is 0. The number of hydrogen-bond acceptors (Lipinski definition) is 0. The predicted molar refractivity (Wildman–Crippen MR) is 101 cm³/mol. The zero-order valence-electron chi connectivity index (χ0n) is 15.6. The molecule has 0 nitrogen and oxygen atoms in total. The van der Waals surface area contributed by atoms with E-state index in [9.17, 15) is 0 Å². The fourth-order valence-corrected chi connectivity index (χ4v) is 2.85. The van der Waals surface area contributed by atoms with Crippen molar-refractivity contribution in [2.45, 2.75) is 60.8 Å². The molecule has 0 fully saturated rings. The molecule has 0 aliphatic heterocycles. The second-order valence-electron chi connectivity index (χ2n) is 7.14. The van der Waals surface area contributed by atoms with E-state index in [2.05, 4.69) is 90.1 Å². The molecule has 120 valence electrons. The minimum absolute atomic E-state index is 0.0343. The van der Waals surface area contributed by atoms with Crippen molar-refractivity contribution in [1.29, 1.82) is 0 Å². The molecule has 1 aromatic carbocycles. The predicted octanol–water partition coefficient (Wildman–Crippen LogP) is 6.94. The van der Waals surface area contributed by atoms with Crippen molar-refractivity contribution in [2.75, 3.05) is 0 Å². The van der Waals surface area contributed by atoms with E-state index >= 15 is 0 Å². The van der Waals surface area contributed by atoms with Crippen LogP contribution in [-0.4, -0.2) is 0 Å². The van der Waals surface area contributed by atoms with Gasteiger partial charge in [-0.1, -0.05) is 97.0 Å². The lowest BCUT2D eigenvalue weighted by Gasteiger charge is -2.32. The summed E-state index contributed by atoms with van der Waals surface area (Å²) in [5.41, 5.74) is 5.69. The summed E-state index contributed by atoms with van der Waals surface area (Å²) in [7, 11) is 0. The Morgan fingerprint density at radius 3 is 2.09 bits per heavy atom. The highest BCUT2D eigenvalue weighted by Gasteiger charge is 2.28. The van der Waals surface area contributed by atoms with E-state index in [4.69, 9.17) is 0 Å². The van der Waals surface area contributed by atoms with Crippen LogP contribution in [-0.2, 0) is 5.41 Å². The maximum Gasteiger partial charge on any atom is 0.0149 e. The van der Waals surface area contributed by atoms with Gasteiger partial charge in [0.1, 0.15) is 0 Å². The average molecular weight is 296 g/mol. The van der Waals surface area contributed by atoms with Crippen molar-refractivity contribution in [3.8, 4) is 0 Å². The smallest absolute Gasteiger partial charge is 0.0149 e. The molecule has 0 amide bonds. The van der Waals surface area contributed by atoms with E-state index in [1.54, 1.807) is 0 Å². The minimum atomic E-state index is 0.0343. The highest BCUT2D eigenvalue weighted by atomic mass is 14.3. The normalized spacial score (nSPS) is 22.4. The van der Waals surface area contributed by atoms with Crippen molar-refractivity contribution in [3.63, 3.8) is 0 Å². The maximum atomic E-state index is 2.37. The Bertz CT molecular complexity index is 587. The van der Waals surface area contributed by atoms with Crippen LogP contribution in [0.25, 0.3) is 6.08 Å². The molecule has 0 atom stereocenters. The molecular weight excluding hydrogens is 264 g/mol. The van der Waals surface area contributed by atoms with Crippen LogP contribution in [0.4, 0.5) is 0 Å². The molecule has 0 heterocycles. The fourth-order valence-electron chi connectivity index (χ4n) is 2.85. The van der Waals surface area contributed by atoms with Gasteiger partial charge in [-0.15, -0.1) is 0 Å². The standard InChI is InChI=1S/C20H26.C2H6/c1-7-16-14-17(19(2,3)4)13-12-15-10-8-9-11-18(15)20(16,5)6;1-2/h7-14H,1-6H3;1-2H3/b13-12-,16-7-,17-14+;. The van der Waals surface area contributed by atoms with Gasteiger partial charge in [-0.3, -0.25) is 0 Å². The van der Waals surface area contributed by atoms with Crippen molar-refractivity contribution < 1.29 is 0 Å². The van der Waals surface area contributed by atoms with Crippen LogP contribution in [0.3, 0.4) is 0 Å². The quantitative estimate of drug-likeness (QED) is 0.486. The Balaban J connectivity index is 0.00000116. The highest BCUT2D eigenvalue weighted by Crippen LogP contribution is 2.39. The molecule has 1 aliphatic carbocycles. The maximum absolute atomic E-state index is 2.37. The zero-order valence-corrected chi connectivity index (χ0v) is 15.6. The van der Waals surface area contributed by atoms with Gasteiger partial charge in [0.15, 0.2) is 0 Å². The molecule has 22 heavy (non-hydrogen) atoms. The molecule has 2 rings (SSSR count). The van der Waals surface area contributed by atoms with E-state index in [1.807, 2.05) is 13.8 Å². The lowest BCUT2D eigenvalue weighted by atomic mass is 9.72. The second-order valence-corrected chi connectivity index (χ2v) is 7.14. The van der Waals surface area contributed by atoms with Crippen LogP contribution in [0.1, 0.15) is 66.5 Å². The fraction of sp³-hybridized carbons (Fsp3) is 0.455. The summed E-state index contributed by atoms with van der Waals surface area (Å²) in [4.78, 5) is 0. The molecule has 0 N–H and O–H groups in total. The SMILES string of the molecule is C/C=C1/C=C(C(C)(C)C)\C=C/c2ccccc2C1(C)C.CC. The third-order valence-electron chi connectivity index (χ3n) is 4.29. The third kappa shape index (κ3) is 3.80. The lowest BCUT2D eigenvalue weighted by Crippen LogP contribution is -2.22. The number of hydrogen-bond donors (Lipinski definition) is 0. The average Bonchev–Trinajstić information content (AvgIpc) is 2.47. The van der Waals surface area contributed by atoms with Crippen molar-refractivity contribution >= 4 is 6.08 Å². The molecule has 1 aromatic rings. The van der Waals surface area contributed by atoms with Gasteiger partial charge >= 0.3 is 0 Å². The van der Waals surface area contributed by atoms with Crippen molar-refractivity contribution in [3.05, 3.63) is 64.8 Å². The first-order valence-corrected chi connectivity index (χ1v) is 8.43. The Labute approximate surface area is 137 Å². The molecule has 0 heteroatoms. The first kappa shape index (κ1) is 18.5. The Morgan fingerprint density at radius 2 is 1.55 bits per heavy atom. The van der Waals surface area contributed by atoms with Crippen LogP contribution in [0.5, 0.6) is 0 Å². The van der Waals surface area contributed by atoms with Gasteiger partial charge in [-0.05, 0) is 34.6 Å². The molecule has 1 aliphatic rings. The van der Waals surface area contributed by atoms with Gasteiger partial charge in [-0.2, -0.15) is 0 Å². The lowest BCUT2D eigenvalue weighted by molar-refractivity contribution is 0.514. The summed E-state index contributed by atoms with van der Waals surface area (Å²) in [5.74, 6) is 0. The molecule has 0 saturated heterocycles. The molecule has 0 unspecified atom stereocenters. The largest absolute Gasteiger partial charge is 0.0835 e. The number of benzene rings is 1. The van der Waals surface area contributed by atoms with Gasteiger partial charge < -0.3 is 0 Å². The number of fused-ring (bicyclic) bond motifs is 1. The second kappa shape index (κ2) is 7.13. The monoisotopic (exact) mass is 296 g/mol. The Morgan fingerprint density at radius 1 is 0.955 bits per heavy atom. The Kier molecular flexibility index (Phi) is 6.00. The highest BCUT2D eigenvalue weighted by molar-refractivity contribution is 5.63. The summed E-state index contributed by atoms with van der Waals surface area (Å²) < 4.78 is 0. The first-order valence-electron chi connectivity index (χ1n) is 8.43. The van der Waals surface area contributed by atoms with Crippen LogP contribution < -0.4 is 0 Å². The summed E-state index contributed by atoms with van der Waals surface area (Å²) >= 11 is 0. The van der Waals surface area contributed by atoms with E-state index in [0.29, 0.717) is 0 Å². The van der Waals surface area contributed by atoms with E-state index < -0.39 is 0 Å². The van der Waals surface area contributed by atoms with Gasteiger partial charge in [0.05, 0.1) is 0 Å². The van der Waals surface area contributed by atoms with Crippen LogP contribution in [0, 0.1) is 5.41 Å². The van der Waals surface area contributed by atoms with Crippen LogP contribution in [0.15, 0.2) is 53.6 Å². The van der Waals surface area contributed by atoms with E-state index in [0.717, 1.165) is 0 Å². The summed E-state index contributed by atoms with van der Waals surface area (Å²) in [6.45, 7) is 17.6. The van der Waals surface area contributed by atoms with Crippen LogP contribution >= 0.6 is 0 Å². The van der Waals surface area contributed by atoms with Gasteiger partial charge in [0, 0.05) is 5.41 Å². The van der Waals surface area contributed by atoms with Gasteiger partial charge in [0.25, 0.3) is 0 Å². The number of allylic oxidation sites excluding steroid dienone is 5. The topological polar surface area (TPSA) is 0 Å². The summed E-state index contributed by atoms with van der Waals surface area (Å²) in [6.07, 6.45) is 9.16. The molecular formula is C22H32. The third-order valence-corrected chi connectivity index (χ3v) is 4.29.